The molecule has 6 unspecified atom stereocenters. The van der Waals surface area contributed by atoms with E-state index in [1.54, 1.807) is 0 Å². The fourth-order valence-electron chi connectivity index (χ4n) is 3.92. The first-order valence-corrected chi connectivity index (χ1v) is 3.93. The number of rotatable bonds is 0. The first-order valence-electron chi connectivity index (χ1n) is 3.93. The Labute approximate surface area is 53.4 Å². The maximum absolute atomic E-state index is 11.1. The minimum absolute atomic E-state index is 0.579. The van der Waals surface area contributed by atoms with Gasteiger partial charge in [0, 0.05) is 11.8 Å². The van der Waals surface area contributed by atoms with Crippen LogP contribution < -0.4 is 0 Å². The van der Waals surface area contributed by atoms with Crippen molar-refractivity contribution in [3.05, 3.63) is 0 Å². The molecule has 0 N–H and O–H groups in total. The van der Waals surface area contributed by atoms with Gasteiger partial charge in [-0.3, -0.25) is 4.79 Å². The number of carbonyl (C=O) groups excluding carboxylic acids is 1. The zero-order chi connectivity index (χ0) is 5.75. The van der Waals surface area contributed by atoms with E-state index in [4.69, 9.17) is 0 Å². The summed E-state index contributed by atoms with van der Waals surface area (Å²) in [5, 5.41) is 0. The highest BCUT2D eigenvalue weighted by Gasteiger charge is 2.84. The van der Waals surface area contributed by atoms with Gasteiger partial charge in [0.25, 0.3) is 0 Å². The van der Waals surface area contributed by atoms with Crippen molar-refractivity contribution in [2.24, 2.45) is 35.5 Å². The summed E-state index contributed by atoms with van der Waals surface area (Å²) in [6.07, 6.45) is 1.29. The summed E-state index contributed by atoms with van der Waals surface area (Å²) in [5.41, 5.74) is 0. The number of carbonyl (C=O) groups is 1. The number of hydrogen-bond acceptors (Lipinski definition) is 1. The van der Waals surface area contributed by atoms with Crippen LogP contribution in [0.4, 0.5) is 0 Å². The Bertz CT molecular complexity index is 221. The SMILES string of the molecule is O=C1C2CC3C4C1C2C34. The summed E-state index contributed by atoms with van der Waals surface area (Å²) < 4.78 is 0. The van der Waals surface area contributed by atoms with E-state index in [2.05, 4.69) is 0 Å². The minimum atomic E-state index is 0.579. The highest BCUT2D eigenvalue weighted by molar-refractivity contribution is 5.95. The van der Waals surface area contributed by atoms with Gasteiger partial charge in [0.15, 0.2) is 0 Å². The Morgan fingerprint density at radius 3 is 2.44 bits per heavy atom. The molecule has 0 aromatic carbocycles. The fraction of sp³-hybridized carbons (Fsp3) is 0.875. The predicted molar refractivity (Wildman–Crippen MR) is 30.6 cm³/mol. The van der Waals surface area contributed by atoms with Crippen molar-refractivity contribution >= 4 is 5.78 Å². The summed E-state index contributed by atoms with van der Waals surface area (Å²) in [4.78, 5) is 11.1. The third kappa shape index (κ3) is 0.174. The van der Waals surface area contributed by atoms with Crippen molar-refractivity contribution in [1.29, 1.82) is 0 Å². The Morgan fingerprint density at radius 2 is 2.11 bits per heavy atom. The van der Waals surface area contributed by atoms with E-state index in [1.807, 2.05) is 0 Å². The molecule has 4 saturated carbocycles. The van der Waals surface area contributed by atoms with Gasteiger partial charge in [-0.15, -0.1) is 0 Å². The van der Waals surface area contributed by atoms with Gasteiger partial charge in [0.1, 0.15) is 5.78 Å². The van der Waals surface area contributed by atoms with Crippen molar-refractivity contribution in [1.82, 2.24) is 0 Å². The lowest BCUT2D eigenvalue weighted by atomic mass is 9.51. The molecule has 0 spiro atoms. The molecule has 4 fully saturated rings. The van der Waals surface area contributed by atoms with Gasteiger partial charge in [0.05, 0.1) is 0 Å². The molecule has 6 atom stereocenters. The fourth-order valence-corrected chi connectivity index (χ4v) is 3.92. The summed E-state index contributed by atoms with van der Waals surface area (Å²) >= 11 is 0. The highest BCUT2D eigenvalue weighted by atomic mass is 16.1. The Kier molecular flexibility index (Phi) is 0.302. The zero-order valence-electron chi connectivity index (χ0n) is 5.08. The Morgan fingerprint density at radius 1 is 1.22 bits per heavy atom. The molecule has 1 nitrogen and oxygen atoms in total. The molecule has 0 aromatic rings. The van der Waals surface area contributed by atoms with Crippen molar-refractivity contribution in [2.75, 3.05) is 0 Å². The third-order valence-corrected chi connectivity index (χ3v) is 4.25. The van der Waals surface area contributed by atoms with E-state index in [0.717, 1.165) is 23.7 Å². The van der Waals surface area contributed by atoms with E-state index in [-0.39, 0.29) is 0 Å². The maximum Gasteiger partial charge on any atom is 0.139 e. The van der Waals surface area contributed by atoms with Crippen LogP contribution in [0.15, 0.2) is 0 Å². The molecule has 0 aromatic heterocycles. The van der Waals surface area contributed by atoms with Crippen molar-refractivity contribution < 1.29 is 4.79 Å². The van der Waals surface area contributed by atoms with Gasteiger partial charge in [0.2, 0.25) is 0 Å². The molecule has 9 heavy (non-hydrogen) atoms. The molecule has 0 aliphatic heterocycles. The van der Waals surface area contributed by atoms with E-state index in [9.17, 15) is 4.79 Å². The molecule has 0 saturated heterocycles. The van der Waals surface area contributed by atoms with Crippen LogP contribution in [0.3, 0.4) is 0 Å². The second-order valence-electron chi connectivity index (χ2n) is 4.17. The quantitative estimate of drug-likeness (QED) is 0.460. The molecule has 0 bridgehead atoms. The standard InChI is InChI=1S/C8H8O/c9-8-3-1-2-4-5(2)7(8)6(3)4/h2-7H,1H2. The second kappa shape index (κ2) is 0.727. The number of hydrogen-bond donors (Lipinski definition) is 0. The second-order valence-corrected chi connectivity index (χ2v) is 4.17. The van der Waals surface area contributed by atoms with Gasteiger partial charge in [-0.05, 0) is 30.1 Å². The predicted octanol–water partition coefficient (Wildman–Crippen LogP) is 0.697. The molecule has 4 aliphatic rings. The molecular formula is C8H8O. The molecule has 46 valence electrons. The van der Waals surface area contributed by atoms with Gasteiger partial charge in [-0.2, -0.15) is 0 Å². The van der Waals surface area contributed by atoms with Gasteiger partial charge in [-0.1, -0.05) is 0 Å². The van der Waals surface area contributed by atoms with Crippen molar-refractivity contribution in [3.8, 4) is 0 Å². The van der Waals surface area contributed by atoms with Crippen LogP contribution in [0.5, 0.6) is 0 Å². The van der Waals surface area contributed by atoms with Crippen LogP contribution in [-0.2, 0) is 4.79 Å². The van der Waals surface area contributed by atoms with Crippen LogP contribution in [-0.4, -0.2) is 5.78 Å². The molecule has 0 heterocycles. The molecule has 4 aliphatic carbocycles. The van der Waals surface area contributed by atoms with Crippen molar-refractivity contribution in [2.45, 2.75) is 6.42 Å². The molecule has 1 heteroatoms. The van der Waals surface area contributed by atoms with E-state index in [1.165, 1.54) is 6.42 Å². The van der Waals surface area contributed by atoms with Gasteiger partial charge < -0.3 is 0 Å². The maximum atomic E-state index is 11.1. The summed E-state index contributed by atoms with van der Waals surface area (Å²) in [7, 11) is 0. The number of ketones is 1. The largest absolute Gasteiger partial charge is 0.299 e. The average molecular weight is 120 g/mol. The zero-order valence-corrected chi connectivity index (χ0v) is 5.08. The third-order valence-electron chi connectivity index (χ3n) is 4.25. The smallest absolute Gasteiger partial charge is 0.139 e. The summed E-state index contributed by atoms with van der Waals surface area (Å²) in [6.45, 7) is 0. The van der Waals surface area contributed by atoms with E-state index >= 15 is 0 Å². The normalized spacial score (nSPS) is 78.9. The first kappa shape index (κ1) is 3.75. The summed E-state index contributed by atoms with van der Waals surface area (Å²) in [5.74, 6) is 5.78. The number of Topliss-reactive ketones (excluding diaryl/α,β-unsaturated/α-hetero) is 1. The summed E-state index contributed by atoms with van der Waals surface area (Å²) in [6, 6.07) is 0. The molecule has 0 amide bonds. The van der Waals surface area contributed by atoms with Gasteiger partial charge >= 0.3 is 0 Å². The van der Waals surface area contributed by atoms with Crippen molar-refractivity contribution in [3.63, 3.8) is 0 Å². The highest BCUT2D eigenvalue weighted by Crippen LogP contribution is 2.83. The minimum Gasteiger partial charge on any atom is -0.299 e. The van der Waals surface area contributed by atoms with Crippen LogP contribution in [0.25, 0.3) is 0 Å². The lowest BCUT2D eigenvalue weighted by Gasteiger charge is -2.50. The topological polar surface area (TPSA) is 17.1 Å². The van der Waals surface area contributed by atoms with Crippen LogP contribution >= 0.6 is 0 Å². The molecule has 4 rings (SSSR count). The Balaban J connectivity index is 1.98. The van der Waals surface area contributed by atoms with E-state index in [0.29, 0.717) is 17.6 Å². The van der Waals surface area contributed by atoms with E-state index < -0.39 is 0 Å². The van der Waals surface area contributed by atoms with Crippen LogP contribution in [0.1, 0.15) is 6.42 Å². The van der Waals surface area contributed by atoms with Crippen LogP contribution in [0.2, 0.25) is 0 Å². The monoisotopic (exact) mass is 120 g/mol. The lowest BCUT2D eigenvalue weighted by Crippen LogP contribution is -2.56. The first-order chi connectivity index (χ1) is 4.39. The number of fused-ring (bicyclic) bond motifs is 2. The molecule has 0 radical (unpaired) electrons. The van der Waals surface area contributed by atoms with Crippen LogP contribution in [0, 0.1) is 35.5 Å². The van der Waals surface area contributed by atoms with Gasteiger partial charge in [-0.25, -0.2) is 0 Å². The average Bonchev–Trinajstić information content (AvgIpc) is 2.34. The molecular weight excluding hydrogens is 112 g/mol. The lowest BCUT2D eigenvalue weighted by molar-refractivity contribution is -0.156. The Hall–Kier alpha value is -0.330.